The Morgan fingerprint density at radius 2 is 1.69 bits per heavy atom. The van der Waals surface area contributed by atoms with Crippen LogP contribution in [-0.4, -0.2) is 14.6 Å². The predicted octanol–water partition coefficient (Wildman–Crippen LogP) is 3.57. The molecule has 0 unspecified atom stereocenters. The summed E-state index contributed by atoms with van der Waals surface area (Å²) in [5.74, 6) is 0.704. The Morgan fingerprint density at radius 3 is 2.31 bits per heavy atom. The molecular weight excluding hydrogens is 342 g/mol. The summed E-state index contributed by atoms with van der Waals surface area (Å²) in [4.78, 5) is 17.9. The van der Waals surface area contributed by atoms with Crippen LogP contribution in [0.2, 0.25) is 0 Å². The maximum absolute atomic E-state index is 12.8. The third-order valence-corrected chi connectivity index (χ3v) is 5.59. The summed E-state index contributed by atoms with van der Waals surface area (Å²) in [5, 5.41) is 8.91. The van der Waals surface area contributed by atoms with Crippen molar-refractivity contribution in [1.82, 2.24) is 14.6 Å². The van der Waals surface area contributed by atoms with Crippen molar-refractivity contribution >= 4 is 43.9 Å². The Balaban J connectivity index is 1.88. The standard InChI is InChI=1S/C21H15N3OS/c1-2-19-22-21-24(23-19)20(25)18(26-21)12-17-15-9-5-3-7-13(15)11-14-8-4-6-10-16(14)17/h3-12H,2H2,1H3/b18-12-. The first-order chi connectivity index (χ1) is 12.7. The first-order valence-corrected chi connectivity index (χ1v) is 9.37. The molecule has 0 radical (unpaired) electrons. The summed E-state index contributed by atoms with van der Waals surface area (Å²) in [5.41, 5.74) is 0.963. The minimum atomic E-state index is -0.103. The van der Waals surface area contributed by atoms with E-state index in [2.05, 4.69) is 40.4 Å². The van der Waals surface area contributed by atoms with Crippen molar-refractivity contribution in [2.45, 2.75) is 13.3 Å². The normalized spacial score (nSPS) is 12.6. The monoisotopic (exact) mass is 357 g/mol. The second-order valence-corrected chi connectivity index (χ2v) is 7.23. The average Bonchev–Trinajstić information content (AvgIpc) is 3.21. The molecule has 0 N–H and O–H groups in total. The van der Waals surface area contributed by atoms with E-state index in [1.54, 1.807) is 0 Å². The van der Waals surface area contributed by atoms with Gasteiger partial charge in [0.2, 0.25) is 4.96 Å². The molecule has 4 nitrogen and oxygen atoms in total. The van der Waals surface area contributed by atoms with Crippen LogP contribution >= 0.6 is 11.3 Å². The number of rotatable bonds is 2. The van der Waals surface area contributed by atoms with Crippen LogP contribution in [0.25, 0.3) is 32.6 Å². The minimum absolute atomic E-state index is 0.103. The number of hydrogen-bond acceptors (Lipinski definition) is 4. The third kappa shape index (κ3) is 2.24. The zero-order valence-electron chi connectivity index (χ0n) is 14.1. The lowest BCUT2D eigenvalue weighted by Gasteiger charge is -2.07. The zero-order valence-corrected chi connectivity index (χ0v) is 15.0. The summed E-state index contributed by atoms with van der Waals surface area (Å²) in [6.07, 6.45) is 2.71. The van der Waals surface area contributed by atoms with Crippen LogP contribution in [0.1, 0.15) is 18.3 Å². The van der Waals surface area contributed by atoms with Crippen LogP contribution in [0.5, 0.6) is 0 Å². The fourth-order valence-corrected chi connectivity index (χ4v) is 4.27. The Bertz CT molecular complexity index is 1340. The predicted molar refractivity (Wildman–Crippen MR) is 107 cm³/mol. The zero-order chi connectivity index (χ0) is 17.7. The van der Waals surface area contributed by atoms with E-state index in [0.29, 0.717) is 15.3 Å². The van der Waals surface area contributed by atoms with Crippen molar-refractivity contribution in [2.75, 3.05) is 0 Å². The number of hydrogen-bond donors (Lipinski definition) is 0. The van der Waals surface area contributed by atoms with Crippen molar-refractivity contribution in [3.05, 3.63) is 80.9 Å². The third-order valence-electron chi connectivity index (χ3n) is 4.63. The highest BCUT2D eigenvalue weighted by atomic mass is 32.1. The molecular formula is C21H15N3OS. The van der Waals surface area contributed by atoms with Crippen LogP contribution < -0.4 is 10.1 Å². The van der Waals surface area contributed by atoms with Gasteiger partial charge in [0, 0.05) is 6.42 Å². The lowest BCUT2D eigenvalue weighted by atomic mass is 9.97. The summed E-state index contributed by atoms with van der Waals surface area (Å²) >= 11 is 1.39. The molecule has 0 aliphatic rings. The van der Waals surface area contributed by atoms with Gasteiger partial charge in [0.25, 0.3) is 5.56 Å². The van der Waals surface area contributed by atoms with Gasteiger partial charge in [0.05, 0.1) is 4.53 Å². The fourth-order valence-electron chi connectivity index (χ4n) is 3.36. The maximum Gasteiger partial charge on any atom is 0.291 e. The van der Waals surface area contributed by atoms with Gasteiger partial charge in [-0.15, -0.1) is 5.10 Å². The largest absolute Gasteiger partial charge is 0.291 e. The summed E-state index contributed by atoms with van der Waals surface area (Å²) in [6.45, 7) is 1.99. The second kappa shape index (κ2) is 5.75. The molecule has 26 heavy (non-hydrogen) atoms. The molecule has 0 saturated heterocycles. The molecule has 0 aliphatic heterocycles. The first kappa shape index (κ1) is 15.2. The van der Waals surface area contributed by atoms with E-state index in [4.69, 9.17) is 0 Å². The van der Waals surface area contributed by atoms with Gasteiger partial charge in [0.1, 0.15) is 0 Å². The van der Waals surface area contributed by atoms with Gasteiger partial charge in [-0.2, -0.15) is 4.52 Å². The number of thiazole rings is 1. The molecule has 0 bridgehead atoms. The van der Waals surface area contributed by atoms with Gasteiger partial charge in [-0.1, -0.05) is 66.8 Å². The maximum atomic E-state index is 12.8. The highest BCUT2D eigenvalue weighted by molar-refractivity contribution is 7.15. The van der Waals surface area contributed by atoms with Crippen LogP contribution in [0.3, 0.4) is 0 Å². The van der Waals surface area contributed by atoms with E-state index in [-0.39, 0.29) is 5.56 Å². The van der Waals surface area contributed by atoms with E-state index in [1.807, 2.05) is 37.3 Å². The smallest absolute Gasteiger partial charge is 0.266 e. The number of aromatic nitrogens is 3. The molecule has 5 aromatic rings. The Morgan fingerprint density at radius 1 is 1.04 bits per heavy atom. The summed E-state index contributed by atoms with van der Waals surface area (Å²) in [6, 6.07) is 18.7. The molecule has 3 aromatic carbocycles. The molecule has 0 amide bonds. The lowest BCUT2D eigenvalue weighted by molar-refractivity contribution is 0.867. The van der Waals surface area contributed by atoms with E-state index < -0.39 is 0 Å². The van der Waals surface area contributed by atoms with Crippen molar-refractivity contribution in [3.8, 4) is 0 Å². The molecule has 0 fully saturated rings. The molecule has 5 heteroatoms. The Labute approximate surface area is 153 Å². The van der Waals surface area contributed by atoms with Gasteiger partial charge in [-0.05, 0) is 39.3 Å². The Hall–Kier alpha value is -3.05. The van der Waals surface area contributed by atoms with Gasteiger partial charge < -0.3 is 0 Å². The first-order valence-electron chi connectivity index (χ1n) is 8.55. The van der Waals surface area contributed by atoms with Crippen LogP contribution in [0.4, 0.5) is 0 Å². The van der Waals surface area contributed by atoms with Gasteiger partial charge in [-0.3, -0.25) is 4.79 Å². The van der Waals surface area contributed by atoms with Gasteiger partial charge in [0.15, 0.2) is 5.82 Å². The number of fused-ring (bicyclic) bond motifs is 3. The molecule has 0 saturated carbocycles. The summed E-state index contributed by atoms with van der Waals surface area (Å²) < 4.78 is 2.08. The van der Waals surface area contributed by atoms with E-state index in [0.717, 1.165) is 33.5 Å². The lowest BCUT2D eigenvalue weighted by Crippen LogP contribution is -2.23. The van der Waals surface area contributed by atoms with Crippen LogP contribution in [-0.2, 0) is 6.42 Å². The topological polar surface area (TPSA) is 47.3 Å². The highest BCUT2D eigenvalue weighted by Gasteiger charge is 2.11. The molecule has 2 aromatic heterocycles. The van der Waals surface area contributed by atoms with Crippen molar-refractivity contribution in [3.63, 3.8) is 0 Å². The summed E-state index contributed by atoms with van der Waals surface area (Å²) in [7, 11) is 0. The van der Waals surface area contributed by atoms with Crippen LogP contribution in [0, 0.1) is 0 Å². The molecule has 0 spiro atoms. The molecule has 5 rings (SSSR count). The molecule has 126 valence electrons. The SMILES string of the molecule is CCc1nc2s/c(=C\c3c4ccccc4cc4ccccc34)c(=O)n2n1. The second-order valence-electron chi connectivity index (χ2n) is 6.22. The number of aryl methyl sites for hydroxylation is 1. The quantitative estimate of drug-likeness (QED) is 0.454. The number of nitrogens with zero attached hydrogens (tertiary/aromatic N) is 3. The van der Waals surface area contributed by atoms with Gasteiger partial charge >= 0.3 is 0 Å². The van der Waals surface area contributed by atoms with Crippen molar-refractivity contribution < 1.29 is 0 Å². The van der Waals surface area contributed by atoms with Crippen LogP contribution in [0.15, 0.2) is 59.4 Å². The highest BCUT2D eigenvalue weighted by Crippen LogP contribution is 2.29. The van der Waals surface area contributed by atoms with Gasteiger partial charge in [-0.25, -0.2) is 4.98 Å². The Kier molecular flexibility index (Phi) is 3.36. The van der Waals surface area contributed by atoms with Crippen molar-refractivity contribution in [1.29, 1.82) is 0 Å². The fraction of sp³-hybridized carbons (Fsp3) is 0.0952. The molecule has 0 atom stereocenters. The van der Waals surface area contributed by atoms with E-state index in [9.17, 15) is 4.79 Å². The number of benzene rings is 3. The van der Waals surface area contributed by atoms with E-state index >= 15 is 0 Å². The molecule has 2 heterocycles. The minimum Gasteiger partial charge on any atom is -0.266 e. The van der Waals surface area contributed by atoms with Crippen molar-refractivity contribution in [2.24, 2.45) is 0 Å². The van der Waals surface area contributed by atoms with E-state index in [1.165, 1.54) is 15.9 Å². The molecule has 0 aliphatic carbocycles. The average molecular weight is 357 g/mol.